The molecule has 3 rings (SSSR count). The van der Waals surface area contributed by atoms with E-state index in [9.17, 15) is 9.59 Å². The standard InChI is InChI=1S/C18H24ClN3O2S/c19-15-7-3-2-6-14(15)18(24)22-13-25-12-16(22)17(23)20-8-11-21-9-4-1-5-10-21/h2-3,6-7,16H,1,4-5,8-13H2,(H,20,23). The third-order valence-electron chi connectivity index (χ3n) is 4.73. The monoisotopic (exact) mass is 381 g/mol. The third-order valence-corrected chi connectivity index (χ3v) is 6.07. The molecule has 1 N–H and O–H groups in total. The van der Waals surface area contributed by atoms with Gasteiger partial charge in [0, 0.05) is 18.8 Å². The van der Waals surface area contributed by atoms with Gasteiger partial charge in [0.2, 0.25) is 5.91 Å². The van der Waals surface area contributed by atoms with E-state index in [1.165, 1.54) is 19.3 Å². The van der Waals surface area contributed by atoms with Crippen molar-refractivity contribution in [3.05, 3.63) is 34.9 Å². The highest BCUT2D eigenvalue weighted by Crippen LogP contribution is 2.26. The fraction of sp³-hybridized carbons (Fsp3) is 0.556. The quantitative estimate of drug-likeness (QED) is 0.851. The summed E-state index contributed by atoms with van der Waals surface area (Å²) in [7, 11) is 0. The Morgan fingerprint density at radius 3 is 2.72 bits per heavy atom. The summed E-state index contributed by atoms with van der Waals surface area (Å²) in [6.45, 7) is 3.75. The molecule has 136 valence electrons. The molecule has 0 radical (unpaired) electrons. The van der Waals surface area contributed by atoms with E-state index >= 15 is 0 Å². The lowest BCUT2D eigenvalue weighted by Crippen LogP contribution is -2.49. The van der Waals surface area contributed by atoms with Gasteiger partial charge in [0.05, 0.1) is 16.5 Å². The van der Waals surface area contributed by atoms with E-state index in [1.807, 2.05) is 0 Å². The van der Waals surface area contributed by atoms with Crippen LogP contribution in [0.1, 0.15) is 29.6 Å². The lowest BCUT2D eigenvalue weighted by atomic mass is 10.1. The first-order valence-corrected chi connectivity index (χ1v) is 10.3. The zero-order chi connectivity index (χ0) is 17.6. The van der Waals surface area contributed by atoms with Crippen LogP contribution in [0.5, 0.6) is 0 Å². The summed E-state index contributed by atoms with van der Waals surface area (Å²) in [6.07, 6.45) is 3.79. The molecule has 2 fully saturated rings. The second-order valence-corrected chi connectivity index (χ2v) is 7.87. The number of nitrogens with zero attached hydrogens (tertiary/aromatic N) is 2. The predicted octanol–water partition coefficient (Wildman–Crippen LogP) is 2.46. The molecule has 1 atom stereocenters. The van der Waals surface area contributed by atoms with Crippen LogP contribution in [0.2, 0.25) is 5.02 Å². The van der Waals surface area contributed by atoms with Crippen LogP contribution in [0.25, 0.3) is 0 Å². The van der Waals surface area contributed by atoms with Crippen LogP contribution >= 0.6 is 23.4 Å². The minimum absolute atomic E-state index is 0.0672. The first kappa shape index (κ1) is 18.5. The Balaban J connectivity index is 1.54. The van der Waals surface area contributed by atoms with Gasteiger partial charge in [-0.05, 0) is 38.1 Å². The van der Waals surface area contributed by atoms with Gasteiger partial charge in [-0.3, -0.25) is 9.59 Å². The molecule has 0 aliphatic carbocycles. The molecule has 0 saturated carbocycles. The fourth-order valence-corrected chi connectivity index (χ4v) is 4.66. The van der Waals surface area contributed by atoms with Gasteiger partial charge in [0.15, 0.2) is 0 Å². The van der Waals surface area contributed by atoms with Crippen LogP contribution in [0.4, 0.5) is 0 Å². The first-order chi connectivity index (χ1) is 12.2. The Bertz CT molecular complexity index is 622. The number of halogens is 1. The summed E-state index contributed by atoms with van der Waals surface area (Å²) in [6, 6.07) is 6.57. The van der Waals surface area contributed by atoms with Gasteiger partial charge in [-0.25, -0.2) is 0 Å². The fourth-order valence-electron chi connectivity index (χ4n) is 3.29. The molecule has 2 aliphatic heterocycles. The molecule has 0 bridgehead atoms. The van der Waals surface area contributed by atoms with E-state index in [-0.39, 0.29) is 11.8 Å². The number of benzene rings is 1. The predicted molar refractivity (Wildman–Crippen MR) is 102 cm³/mol. The van der Waals surface area contributed by atoms with Gasteiger partial charge in [-0.15, -0.1) is 11.8 Å². The van der Waals surface area contributed by atoms with Crippen molar-refractivity contribution < 1.29 is 9.59 Å². The van der Waals surface area contributed by atoms with E-state index in [0.717, 1.165) is 19.6 Å². The van der Waals surface area contributed by atoms with Crippen molar-refractivity contribution in [2.45, 2.75) is 25.3 Å². The molecule has 2 heterocycles. The summed E-state index contributed by atoms with van der Waals surface area (Å²) in [5, 5.41) is 3.43. The lowest BCUT2D eigenvalue weighted by molar-refractivity contribution is -0.124. The summed E-state index contributed by atoms with van der Waals surface area (Å²) in [5.74, 6) is 0.911. The number of piperidine rings is 1. The van der Waals surface area contributed by atoms with E-state index in [1.54, 1.807) is 40.9 Å². The molecular weight excluding hydrogens is 358 g/mol. The van der Waals surface area contributed by atoms with Crippen molar-refractivity contribution in [2.24, 2.45) is 0 Å². The van der Waals surface area contributed by atoms with Gasteiger partial charge >= 0.3 is 0 Å². The number of hydrogen-bond donors (Lipinski definition) is 1. The summed E-state index contributed by atoms with van der Waals surface area (Å²) in [5.41, 5.74) is 0.456. The minimum atomic E-state index is -0.421. The average molecular weight is 382 g/mol. The number of rotatable bonds is 5. The van der Waals surface area contributed by atoms with Crippen LogP contribution in [-0.2, 0) is 4.79 Å². The van der Waals surface area contributed by atoms with Crippen molar-refractivity contribution in [3.63, 3.8) is 0 Å². The van der Waals surface area contributed by atoms with Crippen LogP contribution in [0.3, 0.4) is 0 Å². The molecule has 1 unspecified atom stereocenters. The van der Waals surface area contributed by atoms with Gasteiger partial charge in [-0.2, -0.15) is 0 Å². The average Bonchev–Trinajstić information content (AvgIpc) is 3.12. The normalized spacial score (nSPS) is 21.3. The third kappa shape index (κ3) is 4.68. The van der Waals surface area contributed by atoms with Crippen molar-refractivity contribution in [2.75, 3.05) is 37.8 Å². The number of carbonyl (C=O) groups is 2. The SMILES string of the molecule is O=C(NCCN1CCCCC1)C1CSCN1C(=O)c1ccccc1Cl. The van der Waals surface area contributed by atoms with Crippen molar-refractivity contribution in [1.82, 2.24) is 15.1 Å². The molecule has 0 aromatic heterocycles. The van der Waals surface area contributed by atoms with Crippen LogP contribution in [0.15, 0.2) is 24.3 Å². The molecular formula is C18H24ClN3O2S. The van der Waals surface area contributed by atoms with Crippen LogP contribution in [0, 0.1) is 0 Å². The molecule has 1 aromatic carbocycles. The smallest absolute Gasteiger partial charge is 0.256 e. The summed E-state index contributed by atoms with van der Waals surface area (Å²) >= 11 is 7.73. The van der Waals surface area contributed by atoms with E-state index in [0.29, 0.717) is 28.8 Å². The Morgan fingerprint density at radius 2 is 1.96 bits per heavy atom. The second kappa shape index (κ2) is 8.92. The largest absolute Gasteiger partial charge is 0.353 e. The molecule has 0 spiro atoms. The zero-order valence-electron chi connectivity index (χ0n) is 14.2. The van der Waals surface area contributed by atoms with Crippen molar-refractivity contribution in [3.8, 4) is 0 Å². The number of amides is 2. The molecule has 5 nitrogen and oxygen atoms in total. The minimum Gasteiger partial charge on any atom is -0.353 e. The van der Waals surface area contributed by atoms with Crippen molar-refractivity contribution >= 4 is 35.2 Å². The van der Waals surface area contributed by atoms with Gasteiger partial charge in [0.1, 0.15) is 6.04 Å². The molecule has 2 amide bonds. The maximum absolute atomic E-state index is 12.7. The van der Waals surface area contributed by atoms with Gasteiger partial charge in [0.25, 0.3) is 5.91 Å². The van der Waals surface area contributed by atoms with Crippen molar-refractivity contribution in [1.29, 1.82) is 0 Å². The Hall–Kier alpha value is -1.24. The molecule has 7 heteroatoms. The highest BCUT2D eigenvalue weighted by atomic mass is 35.5. The lowest BCUT2D eigenvalue weighted by Gasteiger charge is -2.27. The second-order valence-electron chi connectivity index (χ2n) is 6.46. The maximum atomic E-state index is 12.7. The Labute approximate surface area is 158 Å². The highest BCUT2D eigenvalue weighted by molar-refractivity contribution is 7.99. The Kier molecular flexibility index (Phi) is 6.62. The number of likely N-dealkylation sites (tertiary alicyclic amines) is 1. The summed E-state index contributed by atoms with van der Waals surface area (Å²) < 4.78 is 0. The number of carbonyl (C=O) groups excluding carboxylic acids is 2. The molecule has 25 heavy (non-hydrogen) atoms. The van der Waals surface area contributed by atoms with Crippen LogP contribution in [-0.4, -0.2) is 65.5 Å². The summed E-state index contributed by atoms with van der Waals surface area (Å²) in [4.78, 5) is 29.3. The van der Waals surface area contributed by atoms with Gasteiger partial charge in [-0.1, -0.05) is 30.2 Å². The van der Waals surface area contributed by atoms with E-state index in [4.69, 9.17) is 11.6 Å². The van der Waals surface area contributed by atoms with Gasteiger partial charge < -0.3 is 15.1 Å². The number of thioether (sulfide) groups is 1. The number of nitrogens with one attached hydrogen (secondary N) is 1. The van der Waals surface area contributed by atoms with E-state index < -0.39 is 6.04 Å². The molecule has 2 saturated heterocycles. The number of hydrogen-bond acceptors (Lipinski definition) is 4. The maximum Gasteiger partial charge on any atom is 0.256 e. The first-order valence-electron chi connectivity index (χ1n) is 8.80. The van der Waals surface area contributed by atoms with Crippen LogP contribution < -0.4 is 5.32 Å². The molecule has 1 aromatic rings. The highest BCUT2D eigenvalue weighted by Gasteiger charge is 2.35. The Morgan fingerprint density at radius 1 is 1.20 bits per heavy atom. The van der Waals surface area contributed by atoms with E-state index in [2.05, 4.69) is 10.2 Å². The topological polar surface area (TPSA) is 52.7 Å². The zero-order valence-corrected chi connectivity index (χ0v) is 15.8. The molecule has 2 aliphatic rings.